The van der Waals surface area contributed by atoms with Crippen LogP contribution >= 0.6 is 11.8 Å². The lowest BCUT2D eigenvalue weighted by atomic mass is 10.1. The molecular weight excluding hydrogens is 178 g/mol. The minimum absolute atomic E-state index is 0.836. The summed E-state index contributed by atoms with van der Waals surface area (Å²) in [7, 11) is 0. The summed E-state index contributed by atoms with van der Waals surface area (Å²) in [6.07, 6.45) is 5.76. The van der Waals surface area contributed by atoms with E-state index in [9.17, 15) is 0 Å². The van der Waals surface area contributed by atoms with Gasteiger partial charge in [0, 0.05) is 6.04 Å². The van der Waals surface area contributed by atoms with E-state index in [1.807, 2.05) is 0 Å². The van der Waals surface area contributed by atoms with Crippen molar-refractivity contribution < 1.29 is 0 Å². The number of nitrogens with one attached hydrogen (secondary N) is 1. The first-order valence-corrected chi connectivity index (χ1v) is 6.83. The second-order valence-corrected chi connectivity index (χ2v) is 5.83. The van der Waals surface area contributed by atoms with Gasteiger partial charge in [-0.15, -0.1) is 0 Å². The quantitative estimate of drug-likeness (QED) is 0.746. The highest BCUT2D eigenvalue weighted by Gasteiger charge is 2.28. The fourth-order valence-electron chi connectivity index (χ4n) is 2.09. The Morgan fingerprint density at radius 2 is 1.92 bits per heavy atom. The van der Waals surface area contributed by atoms with E-state index in [1.54, 1.807) is 0 Å². The van der Waals surface area contributed by atoms with Gasteiger partial charge in [-0.05, 0) is 55.6 Å². The summed E-state index contributed by atoms with van der Waals surface area (Å²) in [6, 6.07) is 0.836. The summed E-state index contributed by atoms with van der Waals surface area (Å²) in [6.45, 7) is 3.67. The Morgan fingerprint density at radius 3 is 2.54 bits per heavy atom. The lowest BCUT2D eigenvalue weighted by Crippen LogP contribution is -2.35. The first-order valence-electron chi connectivity index (χ1n) is 5.67. The van der Waals surface area contributed by atoms with E-state index in [4.69, 9.17) is 0 Å². The number of hydrogen-bond donors (Lipinski definition) is 1. The monoisotopic (exact) mass is 199 g/mol. The topological polar surface area (TPSA) is 12.0 Å². The van der Waals surface area contributed by atoms with Gasteiger partial charge in [0.2, 0.25) is 0 Å². The second kappa shape index (κ2) is 4.70. The third-order valence-electron chi connectivity index (χ3n) is 3.38. The first kappa shape index (κ1) is 9.85. The zero-order valence-electron chi connectivity index (χ0n) is 8.59. The minimum atomic E-state index is 0.836. The van der Waals surface area contributed by atoms with Crippen LogP contribution in [0.4, 0.5) is 0 Å². The van der Waals surface area contributed by atoms with Crippen molar-refractivity contribution in [2.75, 3.05) is 18.1 Å². The van der Waals surface area contributed by atoms with E-state index in [1.165, 1.54) is 43.7 Å². The molecule has 1 heterocycles. The van der Waals surface area contributed by atoms with Crippen LogP contribution in [0.1, 0.15) is 32.6 Å². The van der Waals surface area contributed by atoms with Gasteiger partial charge in [0.15, 0.2) is 0 Å². The second-order valence-electron chi connectivity index (χ2n) is 4.61. The Bertz CT molecular complexity index is 150. The molecule has 0 amide bonds. The predicted octanol–water partition coefficient (Wildman–Crippen LogP) is 2.52. The number of hydrogen-bond acceptors (Lipinski definition) is 2. The fraction of sp³-hybridized carbons (Fsp3) is 1.00. The van der Waals surface area contributed by atoms with Gasteiger partial charge in [0.05, 0.1) is 0 Å². The highest BCUT2D eigenvalue weighted by atomic mass is 32.2. The van der Waals surface area contributed by atoms with Crippen molar-refractivity contribution in [3.8, 4) is 0 Å². The van der Waals surface area contributed by atoms with Gasteiger partial charge in [0.1, 0.15) is 0 Å². The standard InChI is InChI=1S/C11H21NS/c1-9(10-2-3-10)8-12-11-4-6-13-7-5-11/h9-12H,2-8H2,1H3. The van der Waals surface area contributed by atoms with Gasteiger partial charge in [-0.1, -0.05) is 6.92 Å². The summed E-state index contributed by atoms with van der Waals surface area (Å²) in [5.41, 5.74) is 0. The van der Waals surface area contributed by atoms with Gasteiger partial charge in [0.25, 0.3) is 0 Å². The molecule has 0 aromatic carbocycles. The largest absolute Gasteiger partial charge is 0.314 e. The maximum atomic E-state index is 3.73. The van der Waals surface area contributed by atoms with Crippen molar-refractivity contribution in [2.45, 2.75) is 38.6 Å². The molecule has 1 nitrogen and oxygen atoms in total. The van der Waals surface area contributed by atoms with E-state index in [0.29, 0.717) is 0 Å². The van der Waals surface area contributed by atoms with E-state index < -0.39 is 0 Å². The Hall–Kier alpha value is 0.310. The fourth-order valence-corrected chi connectivity index (χ4v) is 3.19. The molecule has 1 aliphatic heterocycles. The van der Waals surface area contributed by atoms with Gasteiger partial charge in [-0.2, -0.15) is 11.8 Å². The number of rotatable bonds is 4. The maximum absolute atomic E-state index is 3.73. The third kappa shape index (κ3) is 3.17. The summed E-state index contributed by atoms with van der Waals surface area (Å²) >= 11 is 2.11. The molecule has 1 atom stereocenters. The molecule has 0 aromatic rings. The summed E-state index contributed by atoms with van der Waals surface area (Å²) in [5.74, 6) is 4.73. The van der Waals surface area contributed by atoms with Crippen LogP contribution in [0.15, 0.2) is 0 Å². The Labute approximate surface area is 86.0 Å². The van der Waals surface area contributed by atoms with Crippen molar-refractivity contribution in [3.05, 3.63) is 0 Å². The van der Waals surface area contributed by atoms with Crippen LogP contribution in [-0.4, -0.2) is 24.1 Å². The minimum Gasteiger partial charge on any atom is -0.314 e. The van der Waals surface area contributed by atoms with Crippen LogP contribution in [0.2, 0.25) is 0 Å². The molecule has 0 aromatic heterocycles. The van der Waals surface area contributed by atoms with Crippen molar-refractivity contribution in [1.82, 2.24) is 5.32 Å². The number of thioether (sulfide) groups is 1. The third-order valence-corrected chi connectivity index (χ3v) is 4.43. The van der Waals surface area contributed by atoms with Crippen LogP contribution < -0.4 is 5.32 Å². The molecule has 2 heteroatoms. The molecule has 1 N–H and O–H groups in total. The van der Waals surface area contributed by atoms with Crippen LogP contribution in [0.5, 0.6) is 0 Å². The molecule has 76 valence electrons. The zero-order chi connectivity index (χ0) is 9.10. The lowest BCUT2D eigenvalue weighted by molar-refractivity contribution is 0.401. The molecule has 1 unspecified atom stereocenters. The Balaban J connectivity index is 1.60. The average Bonchev–Trinajstić information content (AvgIpc) is 2.99. The summed E-state index contributed by atoms with van der Waals surface area (Å²) in [5, 5.41) is 3.73. The van der Waals surface area contributed by atoms with Crippen molar-refractivity contribution in [1.29, 1.82) is 0 Å². The predicted molar refractivity (Wildman–Crippen MR) is 60.2 cm³/mol. The average molecular weight is 199 g/mol. The van der Waals surface area contributed by atoms with Crippen LogP contribution in [0, 0.1) is 11.8 Å². The van der Waals surface area contributed by atoms with E-state index in [0.717, 1.165) is 17.9 Å². The van der Waals surface area contributed by atoms with Gasteiger partial charge in [-0.25, -0.2) is 0 Å². The van der Waals surface area contributed by atoms with Crippen LogP contribution in [0.3, 0.4) is 0 Å². The highest BCUT2D eigenvalue weighted by Crippen LogP contribution is 2.36. The Kier molecular flexibility index (Phi) is 3.56. The highest BCUT2D eigenvalue weighted by molar-refractivity contribution is 7.99. The van der Waals surface area contributed by atoms with Crippen LogP contribution in [-0.2, 0) is 0 Å². The van der Waals surface area contributed by atoms with E-state index in [-0.39, 0.29) is 0 Å². The molecule has 2 aliphatic rings. The summed E-state index contributed by atoms with van der Waals surface area (Å²) in [4.78, 5) is 0. The molecular formula is C11H21NS. The van der Waals surface area contributed by atoms with Gasteiger partial charge >= 0.3 is 0 Å². The van der Waals surface area contributed by atoms with Crippen molar-refractivity contribution >= 4 is 11.8 Å². The molecule has 2 rings (SSSR count). The molecule has 1 aliphatic carbocycles. The van der Waals surface area contributed by atoms with Crippen molar-refractivity contribution in [2.24, 2.45) is 11.8 Å². The molecule has 0 spiro atoms. The molecule has 1 saturated carbocycles. The summed E-state index contributed by atoms with van der Waals surface area (Å²) < 4.78 is 0. The van der Waals surface area contributed by atoms with Gasteiger partial charge in [-0.3, -0.25) is 0 Å². The molecule has 13 heavy (non-hydrogen) atoms. The zero-order valence-corrected chi connectivity index (χ0v) is 9.41. The normalized spacial score (nSPS) is 27.5. The van der Waals surface area contributed by atoms with E-state index in [2.05, 4.69) is 24.0 Å². The van der Waals surface area contributed by atoms with Gasteiger partial charge < -0.3 is 5.32 Å². The smallest absolute Gasteiger partial charge is 0.00828 e. The molecule has 1 saturated heterocycles. The lowest BCUT2D eigenvalue weighted by Gasteiger charge is -2.24. The molecule has 2 fully saturated rings. The maximum Gasteiger partial charge on any atom is 0.00828 e. The molecule has 0 bridgehead atoms. The molecule has 0 radical (unpaired) electrons. The SMILES string of the molecule is CC(CNC1CCSCC1)C1CC1. The van der Waals surface area contributed by atoms with Crippen LogP contribution in [0.25, 0.3) is 0 Å². The first-order chi connectivity index (χ1) is 6.36. The Morgan fingerprint density at radius 1 is 1.23 bits per heavy atom. The van der Waals surface area contributed by atoms with Crippen molar-refractivity contribution in [3.63, 3.8) is 0 Å². The van der Waals surface area contributed by atoms with E-state index >= 15 is 0 Å².